The number of para-hydroxylation sites is 2. The van der Waals surface area contributed by atoms with Crippen LogP contribution < -0.4 is 10.1 Å². The molecule has 188 valence electrons. The van der Waals surface area contributed by atoms with Gasteiger partial charge in [0.05, 0.1) is 23.7 Å². The van der Waals surface area contributed by atoms with Crippen LogP contribution in [0.25, 0.3) is 11.0 Å². The first-order chi connectivity index (χ1) is 17.9. The van der Waals surface area contributed by atoms with Gasteiger partial charge in [-0.2, -0.15) is 0 Å². The molecule has 2 N–H and O–H groups in total. The van der Waals surface area contributed by atoms with Gasteiger partial charge in [-0.3, -0.25) is 9.36 Å². The van der Waals surface area contributed by atoms with Gasteiger partial charge in [0.15, 0.2) is 17.3 Å². The lowest BCUT2D eigenvalue weighted by Crippen LogP contribution is -2.33. The van der Waals surface area contributed by atoms with Crippen LogP contribution in [0.1, 0.15) is 68.2 Å². The number of fused-ring (bicyclic) bond motifs is 3. The zero-order valence-corrected chi connectivity index (χ0v) is 21.4. The molecule has 1 aliphatic carbocycles. The molecule has 6 rings (SSSR count). The van der Waals surface area contributed by atoms with Crippen molar-refractivity contribution in [1.29, 1.82) is 0 Å². The van der Waals surface area contributed by atoms with Crippen molar-refractivity contribution in [2.24, 2.45) is 0 Å². The van der Waals surface area contributed by atoms with Gasteiger partial charge < -0.3 is 15.2 Å². The van der Waals surface area contributed by atoms with E-state index < -0.39 is 0 Å². The summed E-state index contributed by atoms with van der Waals surface area (Å²) in [5.41, 5.74) is 6.87. The predicted molar refractivity (Wildman–Crippen MR) is 145 cm³/mol. The van der Waals surface area contributed by atoms with Gasteiger partial charge in [0.1, 0.15) is 0 Å². The summed E-state index contributed by atoms with van der Waals surface area (Å²) >= 11 is 0. The molecule has 2 atom stereocenters. The van der Waals surface area contributed by atoms with E-state index in [0.29, 0.717) is 24.7 Å². The number of hydrogen-bond donors (Lipinski definition) is 2. The predicted octanol–water partition coefficient (Wildman–Crippen LogP) is 6.68. The fourth-order valence-electron chi connectivity index (χ4n) is 5.70. The molecule has 3 aromatic carbocycles. The molecule has 0 bridgehead atoms. The standard InChI is InChI=1S/C31H31N3O3/c1-4-37-28-17-21(13-14-26(28)35)30-29-24(33-31-32-23-7-5-6-8-25(23)34(30)31)15-22(16-27(29)36)20-11-9-19(10-12-20)18(2)3/h5-14,17-18,22,30,35H,4,15-16H2,1-3H3,(H,32,33). The van der Waals surface area contributed by atoms with Crippen molar-refractivity contribution >= 4 is 22.8 Å². The number of imidazole rings is 1. The molecule has 37 heavy (non-hydrogen) atoms. The molecule has 0 amide bonds. The summed E-state index contributed by atoms with van der Waals surface area (Å²) < 4.78 is 7.80. The molecule has 0 saturated heterocycles. The number of anilines is 1. The second-order valence-electron chi connectivity index (χ2n) is 10.2. The topological polar surface area (TPSA) is 76.4 Å². The van der Waals surface area contributed by atoms with Crippen molar-refractivity contribution < 1.29 is 14.6 Å². The summed E-state index contributed by atoms with van der Waals surface area (Å²) in [6.45, 7) is 6.70. The Hall–Kier alpha value is -4.06. The third-order valence-corrected chi connectivity index (χ3v) is 7.57. The third kappa shape index (κ3) is 3.97. The van der Waals surface area contributed by atoms with E-state index in [9.17, 15) is 9.90 Å². The second-order valence-corrected chi connectivity index (χ2v) is 10.2. The molecule has 2 aliphatic rings. The highest BCUT2D eigenvalue weighted by Gasteiger charge is 2.39. The Morgan fingerprint density at radius 3 is 2.57 bits per heavy atom. The van der Waals surface area contributed by atoms with Crippen LogP contribution in [-0.2, 0) is 4.79 Å². The van der Waals surface area contributed by atoms with Crippen LogP contribution in [0.2, 0.25) is 0 Å². The number of aromatic hydroxyl groups is 1. The average Bonchev–Trinajstić information content (AvgIpc) is 3.27. The van der Waals surface area contributed by atoms with Crippen LogP contribution >= 0.6 is 0 Å². The number of carbonyl (C=O) groups excluding carboxylic acids is 1. The lowest BCUT2D eigenvalue weighted by Gasteiger charge is -2.36. The monoisotopic (exact) mass is 493 g/mol. The normalized spacial score (nSPS) is 19.1. The SMILES string of the molecule is CCOc1cc(C2C3=C(CC(c4ccc(C(C)C)cc4)CC3=O)Nc3nc4ccccc4n32)ccc1O. The number of phenols is 1. The van der Waals surface area contributed by atoms with Gasteiger partial charge in [-0.1, -0.05) is 56.3 Å². The van der Waals surface area contributed by atoms with E-state index in [2.05, 4.69) is 48.0 Å². The van der Waals surface area contributed by atoms with Crippen LogP contribution in [0.15, 0.2) is 78.0 Å². The molecule has 6 nitrogen and oxygen atoms in total. The maximum atomic E-state index is 13.9. The summed E-state index contributed by atoms with van der Waals surface area (Å²) in [4.78, 5) is 18.8. The van der Waals surface area contributed by atoms with Crippen LogP contribution in [-0.4, -0.2) is 27.0 Å². The number of aromatic nitrogens is 2. The highest BCUT2D eigenvalue weighted by molar-refractivity contribution is 6.01. The van der Waals surface area contributed by atoms with Gasteiger partial charge in [-0.05, 0) is 66.1 Å². The fourth-order valence-corrected chi connectivity index (χ4v) is 5.70. The summed E-state index contributed by atoms with van der Waals surface area (Å²) in [7, 11) is 0. The van der Waals surface area contributed by atoms with Crippen molar-refractivity contribution in [1.82, 2.24) is 9.55 Å². The van der Waals surface area contributed by atoms with E-state index in [1.807, 2.05) is 43.3 Å². The molecule has 2 unspecified atom stereocenters. The van der Waals surface area contributed by atoms with Crippen LogP contribution in [0.5, 0.6) is 11.5 Å². The minimum absolute atomic E-state index is 0.0873. The maximum Gasteiger partial charge on any atom is 0.209 e. The minimum atomic E-state index is -0.366. The molecule has 1 aliphatic heterocycles. The van der Waals surface area contributed by atoms with Gasteiger partial charge >= 0.3 is 0 Å². The molecule has 0 fully saturated rings. The molecule has 0 saturated carbocycles. The first-order valence-corrected chi connectivity index (χ1v) is 13.0. The highest BCUT2D eigenvalue weighted by atomic mass is 16.5. The third-order valence-electron chi connectivity index (χ3n) is 7.57. The Labute approximate surface area is 216 Å². The molecular formula is C31H31N3O3. The summed E-state index contributed by atoms with van der Waals surface area (Å²) in [5, 5.41) is 13.9. The first kappa shape index (κ1) is 23.3. The van der Waals surface area contributed by atoms with E-state index in [0.717, 1.165) is 40.2 Å². The zero-order chi connectivity index (χ0) is 25.7. The number of ether oxygens (including phenoxy) is 1. The largest absolute Gasteiger partial charge is 0.504 e. The number of phenolic OH excluding ortho intramolecular Hbond substituents is 1. The fraction of sp³-hybridized carbons (Fsp3) is 0.290. The number of Topliss-reactive ketones (excluding diaryl/α,β-unsaturated/α-hetero) is 1. The summed E-state index contributed by atoms with van der Waals surface area (Å²) in [6, 6.07) is 21.7. The van der Waals surface area contributed by atoms with Crippen molar-refractivity contribution in [3.05, 3.63) is 94.7 Å². The average molecular weight is 494 g/mol. The van der Waals surface area contributed by atoms with Crippen molar-refractivity contribution in [3.63, 3.8) is 0 Å². The van der Waals surface area contributed by atoms with Crippen LogP contribution in [0.3, 0.4) is 0 Å². The van der Waals surface area contributed by atoms with Crippen LogP contribution in [0.4, 0.5) is 5.95 Å². The van der Waals surface area contributed by atoms with Gasteiger partial charge in [-0.25, -0.2) is 4.98 Å². The Bertz CT molecular complexity index is 1530. The Kier molecular flexibility index (Phi) is 5.75. The smallest absolute Gasteiger partial charge is 0.209 e. The van der Waals surface area contributed by atoms with Crippen LogP contribution in [0, 0.1) is 0 Å². The molecule has 0 radical (unpaired) electrons. The molecule has 0 spiro atoms. The van der Waals surface area contributed by atoms with E-state index in [4.69, 9.17) is 9.72 Å². The molecular weight excluding hydrogens is 462 g/mol. The number of ketones is 1. The Morgan fingerprint density at radius 2 is 1.81 bits per heavy atom. The number of benzene rings is 3. The van der Waals surface area contributed by atoms with Crippen molar-refractivity contribution in [3.8, 4) is 11.5 Å². The van der Waals surface area contributed by atoms with E-state index >= 15 is 0 Å². The van der Waals surface area contributed by atoms with Gasteiger partial charge in [0.2, 0.25) is 5.95 Å². The minimum Gasteiger partial charge on any atom is -0.504 e. The Morgan fingerprint density at radius 1 is 1.05 bits per heavy atom. The van der Waals surface area contributed by atoms with Gasteiger partial charge in [-0.15, -0.1) is 0 Å². The number of carbonyl (C=O) groups is 1. The highest BCUT2D eigenvalue weighted by Crippen LogP contribution is 2.47. The van der Waals surface area contributed by atoms with Crippen molar-refractivity contribution in [2.75, 3.05) is 11.9 Å². The molecule has 4 aromatic rings. The van der Waals surface area contributed by atoms with Gasteiger partial charge in [0.25, 0.3) is 0 Å². The molecule has 6 heteroatoms. The number of nitrogens with one attached hydrogen (secondary N) is 1. The molecule has 2 heterocycles. The molecule has 1 aromatic heterocycles. The van der Waals surface area contributed by atoms with Gasteiger partial charge in [0, 0.05) is 17.7 Å². The number of allylic oxidation sites excluding steroid dienone is 2. The second kappa shape index (κ2) is 9.11. The lowest BCUT2D eigenvalue weighted by atomic mass is 9.77. The maximum absolute atomic E-state index is 13.9. The quantitative estimate of drug-likeness (QED) is 0.324. The van der Waals surface area contributed by atoms with E-state index in [-0.39, 0.29) is 23.5 Å². The van der Waals surface area contributed by atoms with Crippen molar-refractivity contribution in [2.45, 2.75) is 51.5 Å². The number of rotatable bonds is 5. The summed E-state index contributed by atoms with van der Waals surface area (Å²) in [5.74, 6) is 1.93. The Balaban J connectivity index is 1.48. The van der Waals surface area contributed by atoms with E-state index in [1.54, 1.807) is 6.07 Å². The lowest BCUT2D eigenvalue weighted by molar-refractivity contribution is -0.116. The zero-order valence-electron chi connectivity index (χ0n) is 21.4. The van der Waals surface area contributed by atoms with E-state index in [1.165, 1.54) is 11.1 Å². The first-order valence-electron chi connectivity index (χ1n) is 13.0. The number of hydrogen-bond acceptors (Lipinski definition) is 5. The number of nitrogens with zero attached hydrogens (tertiary/aromatic N) is 2. The summed E-state index contributed by atoms with van der Waals surface area (Å²) in [6.07, 6.45) is 1.19.